The second-order valence-electron chi connectivity index (χ2n) is 4.22. The van der Waals surface area contributed by atoms with Crippen molar-refractivity contribution >= 4 is 22.9 Å². The highest BCUT2D eigenvalue weighted by Gasteiger charge is 2.36. The molecule has 1 aliphatic rings. The van der Waals surface area contributed by atoms with E-state index in [2.05, 4.69) is 47.2 Å². The largest absolute Gasteiger partial charge is 0.377 e. The third-order valence-electron chi connectivity index (χ3n) is 2.78. The lowest BCUT2D eigenvalue weighted by molar-refractivity contribution is -0.0537. The Kier molecular flexibility index (Phi) is 3.79. The fraction of sp³-hybridized carbons (Fsp3) is 1.00. The molecule has 1 saturated heterocycles. The lowest BCUT2D eigenvalue weighted by Gasteiger charge is -2.41. The van der Waals surface area contributed by atoms with Crippen molar-refractivity contribution in [1.29, 1.82) is 0 Å². The van der Waals surface area contributed by atoms with Crippen LogP contribution in [0.1, 0.15) is 33.6 Å². The molecule has 0 bridgehead atoms. The molecule has 3 heteroatoms. The molecule has 1 aliphatic heterocycles. The minimum absolute atomic E-state index is 0.375. The zero-order chi connectivity index (χ0) is 9.19. The lowest BCUT2D eigenvalue weighted by Crippen LogP contribution is -2.48. The highest BCUT2D eigenvalue weighted by atomic mass is 127. The average Bonchev–Trinajstić information content (AvgIpc) is 2.02. The highest BCUT2D eigenvalue weighted by molar-refractivity contribution is 14.1. The molecule has 1 N–H and O–H groups in total. The number of rotatable bonds is 2. The fourth-order valence-electron chi connectivity index (χ4n) is 1.69. The topological polar surface area (TPSA) is 21.3 Å². The van der Waals surface area contributed by atoms with E-state index in [1.54, 1.807) is 0 Å². The van der Waals surface area contributed by atoms with Gasteiger partial charge in [-0.05, 0) is 18.3 Å². The minimum atomic E-state index is 0.375. The van der Waals surface area contributed by atoms with Crippen molar-refractivity contribution < 1.29 is 4.74 Å². The molecule has 0 saturated carbocycles. The third-order valence-corrected chi connectivity index (χ3v) is 3.53. The molecular formula is C9H18INO. The van der Waals surface area contributed by atoms with Crippen LogP contribution >= 0.6 is 22.9 Å². The van der Waals surface area contributed by atoms with Gasteiger partial charge in [0, 0.05) is 28.9 Å². The van der Waals surface area contributed by atoms with Gasteiger partial charge in [0.05, 0.1) is 12.7 Å². The van der Waals surface area contributed by atoms with Crippen molar-refractivity contribution in [2.45, 2.75) is 45.8 Å². The van der Waals surface area contributed by atoms with E-state index >= 15 is 0 Å². The molecule has 1 fully saturated rings. The summed E-state index contributed by atoms with van der Waals surface area (Å²) in [5.74, 6) is 0. The second-order valence-corrected chi connectivity index (χ2v) is 4.84. The second kappa shape index (κ2) is 4.24. The van der Waals surface area contributed by atoms with E-state index in [1.165, 1.54) is 6.42 Å². The van der Waals surface area contributed by atoms with Crippen LogP contribution in [0.5, 0.6) is 0 Å². The van der Waals surface area contributed by atoms with Crippen LogP contribution in [0.25, 0.3) is 0 Å². The quantitative estimate of drug-likeness (QED) is 0.621. The molecule has 2 unspecified atom stereocenters. The van der Waals surface area contributed by atoms with Gasteiger partial charge in [0.1, 0.15) is 0 Å². The molecule has 1 heterocycles. The number of nitrogens with one attached hydrogen (secondary N) is 1. The van der Waals surface area contributed by atoms with E-state index in [1.807, 2.05) is 0 Å². The van der Waals surface area contributed by atoms with Crippen LogP contribution in [0.2, 0.25) is 0 Å². The maximum Gasteiger partial charge on any atom is 0.0636 e. The standard InChI is InChI=1S/C9H18INO/c1-4-7-5-9(2,3)8(11-10)6-12-7/h7-8,11H,4-6H2,1-3H3. The van der Waals surface area contributed by atoms with Crippen LogP contribution in [0.4, 0.5) is 0 Å². The van der Waals surface area contributed by atoms with E-state index in [0.29, 0.717) is 17.6 Å². The van der Waals surface area contributed by atoms with E-state index in [4.69, 9.17) is 4.74 Å². The Morgan fingerprint density at radius 2 is 2.25 bits per heavy atom. The predicted octanol–water partition coefficient (Wildman–Crippen LogP) is 2.52. The zero-order valence-corrected chi connectivity index (χ0v) is 10.2. The number of hydrogen-bond donors (Lipinski definition) is 1. The average molecular weight is 283 g/mol. The van der Waals surface area contributed by atoms with E-state index in [0.717, 1.165) is 13.0 Å². The van der Waals surface area contributed by atoms with Gasteiger partial charge in [-0.15, -0.1) is 0 Å². The van der Waals surface area contributed by atoms with Crippen molar-refractivity contribution in [3.8, 4) is 0 Å². The van der Waals surface area contributed by atoms with Crippen LogP contribution in [0, 0.1) is 5.41 Å². The van der Waals surface area contributed by atoms with Gasteiger partial charge in [-0.25, -0.2) is 0 Å². The van der Waals surface area contributed by atoms with Crippen LogP contribution < -0.4 is 3.53 Å². The smallest absolute Gasteiger partial charge is 0.0636 e. The summed E-state index contributed by atoms with van der Waals surface area (Å²) < 4.78 is 8.98. The molecule has 0 aliphatic carbocycles. The summed E-state index contributed by atoms with van der Waals surface area (Å²) in [5.41, 5.74) is 0.375. The Hall–Kier alpha value is 0.650. The summed E-state index contributed by atoms with van der Waals surface area (Å²) in [4.78, 5) is 0. The first-order valence-electron chi connectivity index (χ1n) is 4.58. The Morgan fingerprint density at radius 3 is 2.67 bits per heavy atom. The van der Waals surface area contributed by atoms with Crippen LogP contribution in [0.3, 0.4) is 0 Å². The SMILES string of the molecule is CCC1CC(C)(C)C(NI)CO1. The summed E-state index contributed by atoms with van der Waals surface area (Å²) in [7, 11) is 0. The zero-order valence-electron chi connectivity index (χ0n) is 8.06. The highest BCUT2D eigenvalue weighted by Crippen LogP contribution is 2.34. The molecule has 72 valence electrons. The molecule has 0 amide bonds. The fourth-order valence-corrected chi connectivity index (χ4v) is 2.71. The maximum absolute atomic E-state index is 5.70. The maximum atomic E-state index is 5.70. The summed E-state index contributed by atoms with van der Waals surface area (Å²) >= 11 is 2.22. The molecule has 0 aromatic carbocycles. The first-order chi connectivity index (χ1) is 5.60. The lowest BCUT2D eigenvalue weighted by atomic mass is 9.78. The normalized spacial score (nSPS) is 35.0. The van der Waals surface area contributed by atoms with Gasteiger partial charge in [-0.2, -0.15) is 0 Å². The molecule has 1 rings (SSSR count). The minimum Gasteiger partial charge on any atom is -0.377 e. The van der Waals surface area contributed by atoms with Crippen LogP contribution in [-0.2, 0) is 4.74 Å². The van der Waals surface area contributed by atoms with Crippen molar-refractivity contribution in [1.82, 2.24) is 3.53 Å². The summed E-state index contributed by atoms with van der Waals surface area (Å²) in [5, 5.41) is 0. The molecule has 0 spiro atoms. The summed E-state index contributed by atoms with van der Waals surface area (Å²) in [6, 6.07) is 0.501. The monoisotopic (exact) mass is 283 g/mol. The molecule has 0 radical (unpaired) electrons. The predicted molar refractivity (Wildman–Crippen MR) is 59.4 cm³/mol. The Bertz CT molecular complexity index is 149. The summed E-state index contributed by atoms with van der Waals surface area (Å²) in [6.45, 7) is 7.68. The first-order valence-corrected chi connectivity index (χ1v) is 5.65. The molecule has 0 aromatic heterocycles. The molecular weight excluding hydrogens is 265 g/mol. The Labute approximate surface area is 88.9 Å². The van der Waals surface area contributed by atoms with Crippen LogP contribution in [0.15, 0.2) is 0 Å². The van der Waals surface area contributed by atoms with Crippen molar-refractivity contribution in [2.75, 3.05) is 6.61 Å². The number of halogens is 1. The van der Waals surface area contributed by atoms with Gasteiger partial charge in [0.15, 0.2) is 0 Å². The molecule has 2 nitrogen and oxygen atoms in total. The van der Waals surface area contributed by atoms with E-state index < -0.39 is 0 Å². The van der Waals surface area contributed by atoms with Gasteiger partial charge in [0.25, 0.3) is 0 Å². The number of hydrogen-bond acceptors (Lipinski definition) is 2. The number of ether oxygens (including phenoxy) is 1. The Balaban J connectivity index is 2.54. The van der Waals surface area contributed by atoms with Gasteiger partial charge in [0.2, 0.25) is 0 Å². The molecule has 2 atom stereocenters. The van der Waals surface area contributed by atoms with Crippen LogP contribution in [-0.4, -0.2) is 18.8 Å². The Morgan fingerprint density at radius 1 is 1.58 bits per heavy atom. The van der Waals surface area contributed by atoms with Gasteiger partial charge in [-0.1, -0.05) is 20.8 Å². The van der Waals surface area contributed by atoms with Gasteiger partial charge in [-0.3, -0.25) is 3.53 Å². The van der Waals surface area contributed by atoms with Gasteiger partial charge < -0.3 is 4.74 Å². The van der Waals surface area contributed by atoms with E-state index in [-0.39, 0.29) is 0 Å². The third kappa shape index (κ3) is 2.33. The summed E-state index contributed by atoms with van der Waals surface area (Å²) in [6.07, 6.45) is 2.78. The van der Waals surface area contributed by atoms with Crippen molar-refractivity contribution in [2.24, 2.45) is 5.41 Å². The van der Waals surface area contributed by atoms with Crippen molar-refractivity contribution in [3.05, 3.63) is 0 Å². The first kappa shape index (κ1) is 10.7. The van der Waals surface area contributed by atoms with Gasteiger partial charge >= 0.3 is 0 Å². The molecule has 0 aromatic rings. The molecule has 12 heavy (non-hydrogen) atoms. The van der Waals surface area contributed by atoms with E-state index in [9.17, 15) is 0 Å². The van der Waals surface area contributed by atoms with Crippen molar-refractivity contribution in [3.63, 3.8) is 0 Å².